The molecule has 7 heteroatoms. The van der Waals surface area contributed by atoms with Crippen molar-refractivity contribution in [2.75, 3.05) is 7.11 Å². The largest absolute Gasteiger partial charge is 0.495 e. The summed E-state index contributed by atoms with van der Waals surface area (Å²) >= 11 is 6.30. The highest BCUT2D eigenvalue weighted by atomic mass is 35.5. The van der Waals surface area contributed by atoms with Gasteiger partial charge in [-0.15, -0.1) is 0 Å². The average molecular weight is 338 g/mol. The number of allylic oxidation sites excluding steroid dienone is 2. The van der Waals surface area contributed by atoms with Gasteiger partial charge in [0.05, 0.1) is 29.2 Å². The molecule has 0 unspecified atom stereocenters. The van der Waals surface area contributed by atoms with Gasteiger partial charge in [-0.2, -0.15) is 0 Å². The molecule has 0 amide bonds. The summed E-state index contributed by atoms with van der Waals surface area (Å²) in [5.74, 6) is -3.04. The van der Waals surface area contributed by atoms with Crippen molar-refractivity contribution in [3.63, 3.8) is 0 Å². The van der Waals surface area contributed by atoms with E-state index in [-0.39, 0.29) is 16.2 Å². The molecule has 1 aromatic carbocycles. The Bertz CT molecular complexity index is 715. The summed E-state index contributed by atoms with van der Waals surface area (Å²) in [6.07, 6.45) is 0. The van der Waals surface area contributed by atoms with Crippen LogP contribution in [0.15, 0.2) is 40.7 Å². The van der Waals surface area contributed by atoms with E-state index < -0.39 is 17.9 Å². The van der Waals surface area contributed by atoms with E-state index in [2.05, 4.69) is 5.32 Å². The van der Waals surface area contributed by atoms with Gasteiger partial charge in [-0.25, -0.2) is 9.59 Å². The Kier molecular flexibility index (Phi) is 4.65. The van der Waals surface area contributed by atoms with Crippen molar-refractivity contribution < 1.29 is 24.5 Å². The average Bonchev–Trinajstić information content (AvgIpc) is 2.45. The molecule has 0 radical (unpaired) electrons. The first-order valence-corrected chi connectivity index (χ1v) is 7.14. The van der Waals surface area contributed by atoms with Gasteiger partial charge < -0.3 is 20.3 Å². The maximum Gasteiger partial charge on any atom is 0.334 e. The molecule has 1 aliphatic heterocycles. The van der Waals surface area contributed by atoms with Gasteiger partial charge in [-0.3, -0.25) is 0 Å². The fourth-order valence-electron chi connectivity index (χ4n) is 2.78. The Morgan fingerprint density at radius 3 is 2.09 bits per heavy atom. The lowest BCUT2D eigenvalue weighted by molar-refractivity contribution is -0.133. The van der Waals surface area contributed by atoms with Crippen LogP contribution in [0.1, 0.15) is 25.3 Å². The van der Waals surface area contributed by atoms with Gasteiger partial charge in [-0.1, -0.05) is 23.7 Å². The summed E-state index contributed by atoms with van der Waals surface area (Å²) < 4.78 is 5.15. The molecule has 0 aliphatic carbocycles. The quantitative estimate of drug-likeness (QED) is 0.782. The Labute approximate surface area is 138 Å². The van der Waals surface area contributed by atoms with Crippen LogP contribution >= 0.6 is 11.6 Å². The molecule has 23 heavy (non-hydrogen) atoms. The van der Waals surface area contributed by atoms with E-state index in [9.17, 15) is 19.8 Å². The van der Waals surface area contributed by atoms with Crippen molar-refractivity contribution in [2.45, 2.75) is 19.8 Å². The maximum absolute atomic E-state index is 11.7. The predicted octanol–water partition coefficient (Wildman–Crippen LogP) is 2.75. The molecule has 1 heterocycles. The number of hydrogen-bond acceptors (Lipinski definition) is 4. The SMILES string of the molecule is COc1cccc(C2C(C(=O)O)=C(C)NC(C)=C2C(=O)O)c1Cl. The molecule has 2 rings (SSSR count). The smallest absolute Gasteiger partial charge is 0.334 e. The van der Waals surface area contributed by atoms with Crippen molar-refractivity contribution in [3.05, 3.63) is 51.3 Å². The van der Waals surface area contributed by atoms with Crippen molar-refractivity contribution >= 4 is 23.5 Å². The van der Waals surface area contributed by atoms with Crippen LogP contribution in [0, 0.1) is 0 Å². The highest BCUT2D eigenvalue weighted by molar-refractivity contribution is 6.33. The fraction of sp³-hybridized carbons (Fsp3) is 0.250. The molecule has 1 aromatic rings. The highest BCUT2D eigenvalue weighted by Crippen LogP contribution is 2.43. The predicted molar refractivity (Wildman–Crippen MR) is 84.6 cm³/mol. The fourth-order valence-corrected chi connectivity index (χ4v) is 3.09. The second-order valence-corrected chi connectivity index (χ2v) is 5.49. The lowest BCUT2D eigenvalue weighted by Crippen LogP contribution is -2.31. The van der Waals surface area contributed by atoms with Crippen LogP contribution in [0.25, 0.3) is 0 Å². The number of halogens is 1. The normalized spacial score (nSPS) is 15.5. The highest BCUT2D eigenvalue weighted by Gasteiger charge is 2.37. The zero-order valence-corrected chi connectivity index (χ0v) is 13.6. The minimum Gasteiger partial charge on any atom is -0.495 e. The third kappa shape index (κ3) is 2.90. The Morgan fingerprint density at radius 2 is 1.65 bits per heavy atom. The van der Waals surface area contributed by atoms with Crippen molar-refractivity contribution in [3.8, 4) is 5.75 Å². The van der Waals surface area contributed by atoms with Crippen LogP contribution in [-0.2, 0) is 9.59 Å². The third-order valence-electron chi connectivity index (χ3n) is 3.75. The molecular weight excluding hydrogens is 322 g/mol. The van der Waals surface area contributed by atoms with Crippen molar-refractivity contribution in [1.29, 1.82) is 0 Å². The van der Waals surface area contributed by atoms with Crippen LogP contribution in [0.5, 0.6) is 5.75 Å². The van der Waals surface area contributed by atoms with Gasteiger partial charge in [-0.05, 0) is 25.5 Å². The molecule has 3 N–H and O–H groups in total. The number of carboxylic acids is 2. The van der Waals surface area contributed by atoms with E-state index >= 15 is 0 Å². The molecule has 0 saturated heterocycles. The molecule has 122 valence electrons. The Hall–Kier alpha value is -2.47. The summed E-state index contributed by atoms with van der Waals surface area (Å²) in [5, 5.41) is 22.1. The molecule has 0 bridgehead atoms. The van der Waals surface area contributed by atoms with Crippen LogP contribution in [0.3, 0.4) is 0 Å². The number of benzene rings is 1. The van der Waals surface area contributed by atoms with Gasteiger partial charge in [0.15, 0.2) is 0 Å². The van der Waals surface area contributed by atoms with Crippen LogP contribution in [-0.4, -0.2) is 29.3 Å². The molecule has 6 nitrogen and oxygen atoms in total. The number of carbonyl (C=O) groups is 2. The first-order valence-electron chi connectivity index (χ1n) is 6.77. The molecule has 0 spiro atoms. The first-order chi connectivity index (χ1) is 10.8. The molecule has 0 atom stereocenters. The van der Waals surface area contributed by atoms with E-state index in [1.807, 2.05) is 0 Å². The van der Waals surface area contributed by atoms with E-state index in [1.165, 1.54) is 7.11 Å². The number of ether oxygens (including phenoxy) is 1. The number of hydrogen-bond donors (Lipinski definition) is 3. The van der Waals surface area contributed by atoms with Crippen LogP contribution in [0.4, 0.5) is 0 Å². The summed E-state index contributed by atoms with van der Waals surface area (Å²) in [6.45, 7) is 3.18. The van der Waals surface area contributed by atoms with Gasteiger partial charge in [0.25, 0.3) is 0 Å². The maximum atomic E-state index is 11.7. The molecule has 1 aliphatic rings. The minimum absolute atomic E-state index is 0.0526. The zero-order valence-electron chi connectivity index (χ0n) is 12.8. The second kappa shape index (κ2) is 6.34. The number of dihydropyridines is 1. The van der Waals surface area contributed by atoms with Gasteiger partial charge in [0.1, 0.15) is 5.75 Å². The van der Waals surface area contributed by atoms with Gasteiger partial charge >= 0.3 is 11.9 Å². The Morgan fingerprint density at radius 1 is 1.13 bits per heavy atom. The van der Waals surface area contributed by atoms with Crippen molar-refractivity contribution in [1.82, 2.24) is 5.32 Å². The Balaban J connectivity index is 2.78. The lowest BCUT2D eigenvalue weighted by atomic mass is 9.80. The monoisotopic (exact) mass is 337 g/mol. The summed E-state index contributed by atoms with van der Waals surface area (Å²) in [7, 11) is 1.44. The molecule has 0 aromatic heterocycles. The van der Waals surface area contributed by atoms with Crippen LogP contribution in [0.2, 0.25) is 5.02 Å². The van der Waals surface area contributed by atoms with E-state index in [4.69, 9.17) is 16.3 Å². The summed E-state index contributed by atoms with van der Waals surface area (Å²) in [4.78, 5) is 23.4. The number of methoxy groups -OCH3 is 1. The molecule has 0 saturated carbocycles. The number of carboxylic acid groups (broad SMARTS) is 2. The standard InChI is InChI=1S/C16H16ClNO5/c1-7-11(15(19)20)13(12(16(21)22)8(2)18-7)9-5-4-6-10(23-3)14(9)17/h4-6,13,18H,1-3H3,(H,19,20)(H,21,22). The van der Waals surface area contributed by atoms with Crippen LogP contribution < -0.4 is 10.1 Å². The van der Waals surface area contributed by atoms with E-state index in [1.54, 1.807) is 32.0 Å². The van der Waals surface area contributed by atoms with E-state index in [0.29, 0.717) is 22.7 Å². The zero-order chi connectivity index (χ0) is 17.3. The third-order valence-corrected chi connectivity index (χ3v) is 4.15. The topological polar surface area (TPSA) is 95.9 Å². The van der Waals surface area contributed by atoms with Crippen molar-refractivity contribution in [2.24, 2.45) is 0 Å². The lowest BCUT2D eigenvalue weighted by Gasteiger charge is -2.29. The second-order valence-electron chi connectivity index (χ2n) is 5.11. The summed E-state index contributed by atoms with van der Waals surface area (Å²) in [6, 6.07) is 4.87. The minimum atomic E-state index is -1.20. The summed E-state index contributed by atoms with van der Waals surface area (Å²) in [5.41, 5.74) is 1.03. The number of nitrogens with one attached hydrogen (secondary N) is 1. The first kappa shape index (κ1) is 16.9. The molecular formula is C16H16ClNO5. The molecule has 0 fully saturated rings. The van der Waals surface area contributed by atoms with Gasteiger partial charge in [0.2, 0.25) is 0 Å². The van der Waals surface area contributed by atoms with Gasteiger partial charge in [0, 0.05) is 11.4 Å². The van der Waals surface area contributed by atoms with E-state index in [0.717, 1.165) is 0 Å². The number of aliphatic carboxylic acids is 2. The number of rotatable bonds is 4.